The van der Waals surface area contributed by atoms with Crippen molar-refractivity contribution >= 4 is 5.94 Å². The smallest absolute Gasteiger partial charge is 0.160 e. The van der Waals surface area contributed by atoms with E-state index in [1.807, 2.05) is 0 Å². The molecule has 0 amide bonds. The molecular formula is C7H7FN2O. The van der Waals surface area contributed by atoms with Crippen LogP contribution in [0.2, 0.25) is 0 Å². The lowest BCUT2D eigenvalue weighted by molar-refractivity contribution is 0.560. The van der Waals surface area contributed by atoms with Gasteiger partial charge in [0.05, 0.1) is 5.70 Å². The Morgan fingerprint density at radius 3 is 2.91 bits per heavy atom. The largest absolute Gasteiger partial charge is 0.387 e. The highest BCUT2D eigenvalue weighted by Crippen LogP contribution is 2.12. The Morgan fingerprint density at radius 2 is 2.45 bits per heavy atom. The van der Waals surface area contributed by atoms with E-state index in [-0.39, 0.29) is 5.70 Å². The number of halogens is 1. The van der Waals surface area contributed by atoms with Crippen LogP contribution in [0.25, 0.3) is 0 Å². The van der Waals surface area contributed by atoms with Crippen molar-refractivity contribution in [1.29, 1.82) is 0 Å². The molecule has 0 aromatic heterocycles. The first-order chi connectivity index (χ1) is 5.27. The van der Waals surface area contributed by atoms with Gasteiger partial charge in [-0.25, -0.2) is 9.18 Å². The fourth-order valence-electron chi connectivity index (χ4n) is 0.692. The van der Waals surface area contributed by atoms with Gasteiger partial charge in [0.1, 0.15) is 0 Å². The van der Waals surface area contributed by atoms with Gasteiger partial charge in [0.2, 0.25) is 0 Å². The highest BCUT2D eigenvalue weighted by Gasteiger charge is 2.09. The minimum Gasteiger partial charge on any atom is -0.387 e. The van der Waals surface area contributed by atoms with Crippen LogP contribution in [0.1, 0.15) is 0 Å². The Balaban J connectivity index is 2.90. The Labute approximate surface area is 63.3 Å². The number of nitrogens with one attached hydrogen (secondary N) is 2. The Morgan fingerprint density at radius 1 is 1.73 bits per heavy atom. The molecule has 1 aliphatic heterocycles. The van der Waals surface area contributed by atoms with E-state index in [0.29, 0.717) is 5.70 Å². The van der Waals surface area contributed by atoms with Crippen molar-refractivity contribution in [3.05, 3.63) is 29.5 Å². The van der Waals surface area contributed by atoms with Crippen LogP contribution < -0.4 is 10.6 Å². The number of carbonyl (C=O) groups excluding carboxylic acids is 1. The molecule has 1 aliphatic rings. The molecule has 0 saturated carbocycles. The quantitative estimate of drug-likeness (QED) is 0.531. The van der Waals surface area contributed by atoms with Gasteiger partial charge in [0.25, 0.3) is 0 Å². The van der Waals surface area contributed by atoms with Crippen molar-refractivity contribution in [2.75, 3.05) is 7.05 Å². The molecule has 1 heterocycles. The maximum atomic E-state index is 12.7. The summed E-state index contributed by atoms with van der Waals surface area (Å²) in [4.78, 5) is 10.0. The molecule has 2 N–H and O–H groups in total. The number of dihydropyridines is 1. The third-order valence-electron chi connectivity index (χ3n) is 1.28. The summed E-state index contributed by atoms with van der Waals surface area (Å²) in [5.74, 6) is 0.833. The van der Waals surface area contributed by atoms with E-state index in [1.54, 1.807) is 7.05 Å². The fraction of sp³-hybridized carbons (Fsp3) is 0.143. The van der Waals surface area contributed by atoms with Crippen molar-refractivity contribution in [2.45, 2.75) is 0 Å². The van der Waals surface area contributed by atoms with Gasteiger partial charge in [0.15, 0.2) is 17.5 Å². The lowest BCUT2D eigenvalue weighted by Crippen LogP contribution is -2.17. The van der Waals surface area contributed by atoms with Crippen molar-refractivity contribution < 1.29 is 9.18 Å². The third kappa shape index (κ3) is 1.48. The number of allylic oxidation sites excluding steroid dienone is 2. The van der Waals surface area contributed by atoms with Gasteiger partial charge >= 0.3 is 0 Å². The first kappa shape index (κ1) is 7.57. The standard InChI is InChI=1S/C7H7FN2O/c1-9-5-2-6(8)7(4-11)10-3-5/h2-3,9-10H,1H3. The summed E-state index contributed by atoms with van der Waals surface area (Å²) in [7, 11) is 1.66. The molecule has 0 bridgehead atoms. The average molecular weight is 154 g/mol. The lowest BCUT2D eigenvalue weighted by atomic mass is 10.3. The van der Waals surface area contributed by atoms with Crippen LogP contribution in [0.15, 0.2) is 29.5 Å². The molecule has 0 atom stereocenters. The Kier molecular flexibility index (Phi) is 2.09. The van der Waals surface area contributed by atoms with E-state index >= 15 is 0 Å². The van der Waals surface area contributed by atoms with E-state index in [1.165, 1.54) is 18.2 Å². The van der Waals surface area contributed by atoms with Crippen molar-refractivity contribution in [3.8, 4) is 0 Å². The topological polar surface area (TPSA) is 41.1 Å². The molecule has 0 spiro atoms. The molecule has 0 saturated heterocycles. The van der Waals surface area contributed by atoms with Crippen LogP contribution >= 0.6 is 0 Å². The second kappa shape index (κ2) is 3.03. The molecule has 3 nitrogen and oxygen atoms in total. The van der Waals surface area contributed by atoms with E-state index in [9.17, 15) is 9.18 Å². The molecule has 58 valence electrons. The minimum absolute atomic E-state index is 0.163. The minimum atomic E-state index is -0.605. The van der Waals surface area contributed by atoms with Gasteiger partial charge in [-0.05, 0) is 0 Å². The highest BCUT2D eigenvalue weighted by atomic mass is 19.1. The summed E-state index contributed by atoms with van der Waals surface area (Å²) in [6.45, 7) is 0. The molecule has 0 unspecified atom stereocenters. The summed E-state index contributed by atoms with van der Waals surface area (Å²) in [5.41, 5.74) is 0.422. The summed E-state index contributed by atoms with van der Waals surface area (Å²) < 4.78 is 12.7. The second-order valence-electron chi connectivity index (χ2n) is 1.96. The number of likely N-dealkylation sites (N-methyl/N-ethyl adjacent to an activating group) is 1. The Bertz CT molecular complexity index is 274. The summed E-state index contributed by atoms with van der Waals surface area (Å²) >= 11 is 0. The zero-order valence-corrected chi connectivity index (χ0v) is 5.94. The maximum Gasteiger partial charge on any atom is 0.160 e. The third-order valence-corrected chi connectivity index (χ3v) is 1.28. The molecular weight excluding hydrogens is 147 g/mol. The van der Waals surface area contributed by atoms with Gasteiger partial charge in [-0.3, -0.25) is 0 Å². The number of rotatable bonds is 1. The fourth-order valence-corrected chi connectivity index (χ4v) is 0.692. The highest BCUT2D eigenvalue weighted by molar-refractivity contribution is 5.60. The van der Waals surface area contributed by atoms with E-state index in [0.717, 1.165) is 0 Å². The van der Waals surface area contributed by atoms with E-state index in [2.05, 4.69) is 10.6 Å². The molecule has 4 heteroatoms. The zero-order chi connectivity index (χ0) is 8.27. The van der Waals surface area contributed by atoms with Gasteiger partial charge in [-0.15, -0.1) is 0 Å². The van der Waals surface area contributed by atoms with Gasteiger partial charge in [0, 0.05) is 19.3 Å². The van der Waals surface area contributed by atoms with Crippen LogP contribution in [0, 0.1) is 0 Å². The predicted molar refractivity (Wildman–Crippen MR) is 38.7 cm³/mol. The van der Waals surface area contributed by atoms with E-state index in [4.69, 9.17) is 0 Å². The number of hydrogen-bond donors (Lipinski definition) is 2. The van der Waals surface area contributed by atoms with Crippen molar-refractivity contribution in [2.24, 2.45) is 0 Å². The first-order valence-corrected chi connectivity index (χ1v) is 3.05. The first-order valence-electron chi connectivity index (χ1n) is 3.05. The van der Waals surface area contributed by atoms with Crippen LogP contribution in [0.5, 0.6) is 0 Å². The summed E-state index contributed by atoms with van der Waals surface area (Å²) in [6, 6.07) is 0. The van der Waals surface area contributed by atoms with E-state index < -0.39 is 5.83 Å². The maximum absolute atomic E-state index is 12.7. The van der Waals surface area contributed by atoms with Gasteiger partial charge < -0.3 is 10.6 Å². The normalized spacial score (nSPS) is 16.0. The Hall–Kier alpha value is -1.54. The van der Waals surface area contributed by atoms with Crippen LogP contribution in [0.4, 0.5) is 4.39 Å². The predicted octanol–water partition coefficient (Wildman–Crippen LogP) is 0.219. The van der Waals surface area contributed by atoms with Crippen LogP contribution in [0.3, 0.4) is 0 Å². The molecule has 11 heavy (non-hydrogen) atoms. The zero-order valence-electron chi connectivity index (χ0n) is 5.94. The SMILES string of the molecule is CNC1=CNC(=C=O)C(F)=C1. The summed E-state index contributed by atoms with van der Waals surface area (Å²) in [5, 5.41) is 5.16. The van der Waals surface area contributed by atoms with Gasteiger partial charge in [-0.1, -0.05) is 0 Å². The van der Waals surface area contributed by atoms with Crippen LogP contribution in [-0.2, 0) is 4.79 Å². The summed E-state index contributed by atoms with van der Waals surface area (Å²) in [6.07, 6.45) is 2.71. The van der Waals surface area contributed by atoms with Crippen LogP contribution in [-0.4, -0.2) is 13.0 Å². The second-order valence-corrected chi connectivity index (χ2v) is 1.96. The molecule has 0 aromatic carbocycles. The molecule has 0 fully saturated rings. The van der Waals surface area contributed by atoms with Gasteiger partial charge in [-0.2, -0.15) is 0 Å². The number of hydrogen-bond acceptors (Lipinski definition) is 3. The lowest BCUT2D eigenvalue weighted by Gasteiger charge is -2.09. The molecule has 1 rings (SSSR count). The molecule has 0 aromatic rings. The molecule has 0 aliphatic carbocycles. The van der Waals surface area contributed by atoms with Crippen molar-refractivity contribution in [1.82, 2.24) is 10.6 Å². The average Bonchev–Trinajstić information content (AvgIpc) is 2.04. The van der Waals surface area contributed by atoms with Crippen molar-refractivity contribution in [3.63, 3.8) is 0 Å². The molecule has 0 radical (unpaired) electrons. The monoisotopic (exact) mass is 154 g/mol.